The summed E-state index contributed by atoms with van der Waals surface area (Å²) in [6.07, 6.45) is 1.64. The van der Waals surface area contributed by atoms with Crippen molar-refractivity contribution in [1.29, 1.82) is 0 Å². The zero-order chi connectivity index (χ0) is 13.8. The molecular weight excluding hydrogens is 332 g/mol. The molecule has 0 radical (unpaired) electrons. The van der Waals surface area contributed by atoms with E-state index in [2.05, 4.69) is 31.1 Å². The highest BCUT2D eigenvalue weighted by Gasteiger charge is 2.22. The van der Waals surface area contributed by atoms with E-state index in [1.807, 2.05) is 17.9 Å². The van der Waals surface area contributed by atoms with E-state index in [0.717, 1.165) is 23.4 Å². The normalized spacial score (nSPS) is 15.5. The Morgan fingerprint density at radius 2 is 2.16 bits per heavy atom. The van der Waals surface area contributed by atoms with Crippen molar-refractivity contribution in [2.75, 3.05) is 37.6 Å². The molecule has 1 saturated heterocycles. The third-order valence-corrected chi connectivity index (χ3v) is 3.77. The van der Waals surface area contributed by atoms with E-state index >= 15 is 0 Å². The molecule has 1 aromatic heterocycles. The summed E-state index contributed by atoms with van der Waals surface area (Å²) < 4.78 is 0.881. The van der Waals surface area contributed by atoms with Gasteiger partial charge < -0.3 is 15.1 Å². The summed E-state index contributed by atoms with van der Waals surface area (Å²) in [6.45, 7) is 5.51. The predicted molar refractivity (Wildman–Crippen MR) is 79.8 cm³/mol. The molecule has 1 fully saturated rings. The van der Waals surface area contributed by atoms with Crippen molar-refractivity contribution in [3.63, 3.8) is 0 Å². The molecule has 0 spiro atoms. The summed E-state index contributed by atoms with van der Waals surface area (Å²) >= 11 is 9.35. The second kappa shape index (κ2) is 6.43. The van der Waals surface area contributed by atoms with Crippen molar-refractivity contribution in [1.82, 2.24) is 15.2 Å². The number of piperazine rings is 1. The van der Waals surface area contributed by atoms with E-state index in [4.69, 9.17) is 11.6 Å². The Balaban J connectivity index is 1.98. The molecule has 0 aromatic carbocycles. The van der Waals surface area contributed by atoms with Gasteiger partial charge in [0.1, 0.15) is 5.82 Å². The molecule has 1 N–H and O–H groups in total. The first-order valence-corrected chi connectivity index (χ1v) is 7.37. The van der Waals surface area contributed by atoms with Crippen LogP contribution in [0.25, 0.3) is 0 Å². The van der Waals surface area contributed by atoms with Crippen molar-refractivity contribution < 1.29 is 4.79 Å². The highest BCUT2D eigenvalue weighted by Crippen LogP contribution is 2.27. The molecular formula is C12H16BrClN4O. The summed E-state index contributed by atoms with van der Waals surface area (Å²) in [5.41, 5.74) is 0. The number of carbonyl (C=O) groups excluding carboxylic acids is 1. The number of pyridine rings is 1. The molecule has 7 heteroatoms. The number of aromatic nitrogens is 1. The molecule has 1 aliphatic heterocycles. The van der Waals surface area contributed by atoms with E-state index in [1.165, 1.54) is 0 Å². The van der Waals surface area contributed by atoms with Gasteiger partial charge in [0.05, 0.1) is 9.50 Å². The minimum atomic E-state index is 0.00489. The molecule has 5 nitrogen and oxygen atoms in total. The van der Waals surface area contributed by atoms with Crippen molar-refractivity contribution in [2.24, 2.45) is 0 Å². The Bertz CT molecular complexity index is 463. The summed E-state index contributed by atoms with van der Waals surface area (Å²) in [5, 5.41) is 3.42. The summed E-state index contributed by atoms with van der Waals surface area (Å²) in [6, 6.07) is 1.84. The van der Waals surface area contributed by atoms with Gasteiger partial charge in [-0.15, -0.1) is 0 Å². The lowest BCUT2D eigenvalue weighted by molar-refractivity contribution is 0.195. The molecule has 0 unspecified atom stereocenters. The van der Waals surface area contributed by atoms with Crippen molar-refractivity contribution >= 4 is 39.4 Å². The van der Waals surface area contributed by atoms with Crippen LogP contribution < -0.4 is 10.2 Å². The van der Waals surface area contributed by atoms with Gasteiger partial charge in [-0.3, -0.25) is 0 Å². The smallest absolute Gasteiger partial charge is 0.317 e. The van der Waals surface area contributed by atoms with Crippen LogP contribution in [0.1, 0.15) is 6.92 Å². The van der Waals surface area contributed by atoms with Gasteiger partial charge >= 0.3 is 6.03 Å². The number of amides is 2. The molecule has 0 saturated carbocycles. The second-order valence-corrected chi connectivity index (χ2v) is 5.56. The van der Waals surface area contributed by atoms with E-state index in [0.29, 0.717) is 24.7 Å². The van der Waals surface area contributed by atoms with Gasteiger partial charge in [0.2, 0.25) is 0 Å². The molecule has 2 heterocycles. The lowest BCUT2D eigenvalue weighted by atomic mass is 10.3. The van der Waals surface area contributed by atoms with Gasteiger partial charge in [-0.25, -0.2) is 9.78 Å². The van der Waals surface area contributed by atoms with Gasteiger partial charge in [0, 0.05) is 38.9 Å². The zero-order valence-corrected chi connectivity index (χ0v) is 13.0. The minimum absolute atomic E-state index is 0.00489. The SMILES string of the molecule is CCNC(=O)N1CCN(c2ncc(Cl)cc2Br)CC1. The first-order valence-electron chi connectivity index (χ1n) is 6.20. The van der Waals surface area contributed by atoms with Crippen LogP contribution in [0.15, 0.2) is 16.7 Å². The zero-order valence-electron chi connectivity index (χ0n) is 10.7. The van der Waals surface area contributed by atoms with Crippen LogP contribution in [0.5, 0.6) is 0 Å². The van der Waals surface area contributed by atoms with Gasteiger partial charge in [-0.1, -0.05) is 11.6 Å². The fourth-order valence-corrected chi connectivity index (χ4v) is 2.91. The number of nitrogens with zero attached hydrogens (tertiary/aromatic N) is 3. The number of halogens is 2. The average molecular weight is 348 g/mol. The first-order chi connectivity index (χ1) is 9.11. The predicted octanol–water partition coefficient (Wildman–Crippen LogP) is 2.35. The maximum absolute atomic E-state index is 11.7. The van der Waals surface area contributed by atoms with Crippen LogP contribution >= 0.6 is 27.5 Å². The standard InChI is InChI=1S/C12H16BrClN4O/c1-2-15-12(19)18-5-3-17(4-6-18)11-10(13)7-9(14)8-16-11/h7-8H,2-6H2,1H3,(H,15,19). The summed E-state index contributed by atoms with van der Waals surface area (Å²) in [5.74, 6) is 0.875. The number of anilines is 1. The topological polar surface area (TPSA) is 48.5 Å². The fraction of sp³-hybridized carbons (Fsp3) is 0.500. The average Bonchev–Trinajstić information content (AvgIpc) is 2.39. The highest BCUT2D eigenvalue weighted by atomic mass is 79.9. The lowest BCUT2D eigenvalue weighted by Crippen LogP contribution is -2.52. The monoisotopic (exact) mass is 346 g/mol. The number of urea groups is 1. The molecule has 1 aliphatic rings. The number of nitrogens with one attached hydrogen (secondary N) is 1. The van der Waals surface area contributed by atoms with Crippen LogP contribution in [0, 0.1) is 0 Å². The molecule has 104 valence electrons. The van der Waals surface area contributed by atoms with Crippen LogP contribution in [0.4, 0.5) is 10.6 Å². The second-order valence-electron chi connectivity index (χ2n) is 4.27. The van der Waals surface area contributed by atoms with E-state index in [9.17, 15) is 4.79 Å². The van der Waals surface area contributed by atoms with E-state index in [-0.39, 0.29) is 6.03 Å². The number of carbonyl (C=O) groups is 1. The maximum Gasteiger partial charge on any atom is 0.317 e. The van der Waals surface area contributed by atoms with Gasteiger partial charge in [-0.05, 0) is 28.9 Å². The molecule has 19 heavy (non-hydrogen) atoms. The van der Waals surface area contributed by atoms with Crippen molar-refractivity contribution in [3.8, 4) is 0 Å². The first kappa shape index (κ1) is 14.4. The van der Waals surface area contributed by atoms with Gasteiger partial charge in [0.25, 0.3) is 0 Å². The van der Waals surface area contributed by atoms with Crippen molar-refractivity contribution in [2.45, 2.75) is 6.92 Å². The lowest BCUT2D eigenvalue weighted by Gasteiger charge is -2.35. The highest BCUT2D eigenvalue weighted by molar-refractivity contribution is 9.10. The minimum Gasteiger partial charge on any atom is -0.352 e. The third kappa shape index (κ3) is 3.51. The number of hydrogen-bond acceptors (Lipinski definition) is 3. The molecule has 0 aliphatic carbocycles. The largest absolute Gasteiger partial charge is 0.352 e. The maximum atomic E-state index is 11.7. The Hall–Kier alpha value is -1.01. The molecule has 1 aromatic rings. The number of hydrogen-bond donors (Lipinski definition) is 1. The van der Waals surface area contributed by atoms with E-state index < -0.39 is 0 Å². The number of rotatable bonds is 2. The van der Waals surface area contributed by atoms with Crippen molar-refractivity contribution in [3.05, 3.63) is 21.8 Å². The van der Waals surface area contributed by atoms with Gasteiger partial charge in [-0.2, -0.15) is 0 Å². The van der Waals surface area contributed by atoms with Crippen LogP contribution in [-0.2, 0) is 0 Å². The Labute approximate surface area is 126 Å². The molecule has 0 bridgehead atoms. The Morgan fingerprint density at radius 1 is 1.47 bits per heavy atom. The quantitative estimate of drug-likeness (QED) is 0.893. The Morgan fingerprint density at radius 3 is 2.74 bits per heavy atom. The Kier molecular flexibility index (Phi) is 4.87. The third-order valence-electron chi connectivity index (χ3n) is 2.98. The summed E-state index contributed by atoms with van der Waals surface area (Å²) in [4.78, 5) is 20.0. The summed E-state index contributed by atoms with van der Waals surface area (Å²) in [7, 11) is 0. The molecule has 0 atom stereocenters. The van der Waals surface area contributed by atoms with Crippen LogP contribution in [-0.4, -0.2) is 48.6 Å². The van der Waals surface area contributed by atoms with Gasteiger partial charge in [0.15, 0.2) is 0 Å². The van der Waals surface area contributed by atoms with E-state index in [1.54, 1.807) is 6.20 Å². The van der Waals surface area contributed by atoms with Crippen LogP contribution in [0.3, 0.4) is 0 Å². The molecule has 2 amide bonds. The fourth-order valence-electron chi connectivity index (χ4n) is 2.02. The van der Waals surface area contributed by atoms with Crippen LogP contribution in [0.2, 0.25) is 5.02 Å². The molecule has 2 rings (SSSR count).